The molecule has 2 aromatic heterocycles. The third-order valence-electron chi connectivity index (χ3n) is 4.63. The van der Waals surface area contributed by atoms with E-state index < -0.39 is 5.82 Å². The highest BCUT2D eigenvalue weighted by Gasteiger charge is 2.25. The molecule has 0 atom stereocenters. The molecule has 1 saturated heterocycles. The molecule has 0 spiro atoms. The van der Waals surface area contributed by atoms with Crippen molar-refractivity contribution in [3.63, 3.8) is 0 Å². The van der Waals surface area contributed by atoms with Crippen molar-refractivity contribution in [1.82, 2.24) is 24.1 Å². The van der Waals surface area contributed by atoms with E-state index in [-0.39, 0.29) is 16.5 Å². The van der Waals surface area contributed by atoms with Crippen LogP contribution >= 0.6 is 23.1 Å². The lowest BCUT2D eigenvalue weighted by Crippen LogP contribution is -2.48. The molecule has 4 rings (SSSR count). The number of nitrogens with zero attached hydrogens (tertiary/aromatic N) is 5. The lowest BCUT2D eigenvalue weighted by Gasteiger charge is -2.34. The minimum absolute atomic E-state index is 0.0167. The Morgan fingerprint density at radius 3 is 2.72 bits per heavy atom. The molecular formula is C19H18ClFN6OS. The second-order valence-electron chi connectivity index (χ2n) is 6.56. The van der Waals surface area contributed by atoms with Gasteiger partial charge in [-0.3, -0.25) is 9.69 Å². The summed E-state index contributed by atoms with van der Waals surface area (Å²) >= 11 is 7.06. The molecule has 1 fully saturated rings. The van der Waals surface area contributed by atoms with Crippen molar-refractivity contribution in [2.24, 2.45) is 0 Å². The van der Waals surface area contributed by atoms with Crippen molar-refractivity contribution in [2.45, 2.75) is 6.54 Å². The first kappa shape index (κ1) is 19.7. The number of nitrogens with one attached hydrogen (secondary N) is 1. The first-order valence-electron chi connectivity index (χ1n) is 9.05. The molecule has 1 N–H and O–H groups in total. The van der Waals surface area contributed by atoms with Crippen molar-refractivity contribution in [1.29, 1.82) is 0 Å². The summed E-state index contributed by atoms with van der Waals surface area (Å²) in [6.45, 7) is 3.08. The normalized spacial score (nSPS) is 14.8. The number of aromatic nitrogens is 3. The fourth-order valence-electron chi connectivity index (χ4n) is 3.15. The van der Waals surface area contributed by atoms with Crippen LogP contribution in [0, 0.1) is 5.82 Å². The number of anilines is 2. The first-order chi connectivity index (χ1) is 14.1. The standard InChI is InChI=1S/C19H18ClFN6OS/c20-15-5-2-4-14(17(15)21)18(28)27-9-7-26(8-10-27)11-13-3-1-6-16(24-13)25-19-22-12-23-29-19/h1-6,12H,7-11H2,(H,22,23,24,25). The van der Waals surface area contributed by atoms with E-state index in [4.69, 9.17) is 11.6 Å². The van der Waals surface area contributed by atoms with E-state index in [1.54, 1.807) is 11.0 Å². The molecule has 0 bridgehead atoms. The maximum atomic E-state index is 14.1. The van der Waals surface area contributed by atoms with Crippen LogP contribution in [0.25, 0.3) is 0 Å². The Bertz CT molecular complexity index is 994. The summed E-state index contributed by atoms with van der Waals surface area (Å²) in [5.41, 5.74) is 0.934. The summed E-state index contributed by atoms with van der Waals surface area (Å²) in [5, 5.41) is 3.78. The zero-order valence-corrected chi connectivity index (χ0v) is 17.0. The number of amides is 1. The molecular weight excluding hydrogens is 415 g/mol. The van der Waals surface area contributed by atoms with Crippen molar-refractivity contribution >= 4 is 40.0 Å². The van der Waals surface area contributed by atoms with Gasteiger partial charge in [-0.1, -0.05) is 23.7 Å². The Balaban J connectivity index is 1.34. The van der Waals surface area contributed by atoms with E-state index in [0.29, 0.717) is 43.7 Å². The summed E-state index contributed by atoms with van der Waals surface area (Å²) in [6.07, 6.45) is 1.49. The summed E-state index contributed by atoms with van der Waals surface area (Å²) in [5.74, 6) is -0.277. The topological polar surface area (TPSA) is 74.2 Å². The third-order valence-corrected chi connectivity index (χ3v) is 5.50. The smallest absolute Gasteiger partial charge is 0.256 e. The summed E-state index contributed by atoms with van der Waals surface area (Å²) in [6, 6.07) is 10.3. The maximum Gasteiger partial charge on any atom is 0.256 e. The molecule has 3 aromatic rings. The second-order valence-corrected chi connectivity index (χ2v) is 7.74. The number of piperazine rings is 1. The monoisotopic (exact) mass is 432 g/mol. The zero-order valence-electron chi connectivity index (χ0n) is 15.4. The van der Waals surface area contributed by atoms with Crippen LogP contribution in [0.2, 0.25) is 5.02 Å². The van der Waals surface area contributed by atoms with Crippen LogP contribution < -0.4 is 5.32 Å². The summed E-state index contributed by atoms with van der Waals surface area (Å²) < 4.78 is 18.1. The highest BCUT2D eigenvalue weighted by atomic mass is 35.5. The Labute approximate surface area is 176 Å². The average Bonchev–Trinajstić information content (AvgIpc) is 3.23. The van der Waals surface area contributed by atoms with Crippen LogP contribution in [0.1, 0.15) is 16.1 Å². The van der Waals surface area contributed by atoms with Crippen LogP contribution in [0.5, 0.6) is 0 Å². The molecule has 0 saturated carbocycles. The fraction of sp³-hybridized carbons (Fsp3) is 0.263. The van der Waals surface area contributed by atoms with Gasteiger partial charge in [-0.15, -0.1) is 0 Å². The van der Waals surface area contributed by atoms with E-state index in [1.807, 2.05) is 18.2 Å². The SMILES string of the molecule is O=C(c1cccc(Cl)c1F)N1CCN(Cc2cccc(Nc3ncns3)n2)CC1. The van der Waals surface area contributed by atoms with Gasteiger partial charge >= 0.3 is 0 Å². The molecule has 150 valence electrons. The predicted molar refractivity (Wildman–Crippen MR) is 110 cm³/mol. The van der Waals surface area contributed by atoms with Crippen molar-refractivity contribution < 1.29 is 9.18 Å². The fourth-order valence-corrected chi connectivity index (χ4v) is 3.77. The van der Waals surface area contributed by atoms with Gasteiger partial charge in [0.05, 0.1) is 16.3 Å². The van der Waals surface area contributed by atoms with E-state index in [0.717, 1.165) is 5.69 Å². The van der Waals surface area contributed by atoms with Gasteiger partial charge in [-0.2, -0.15) is 4.37 Å². The van der Waals surface area contributed by atoms with Gasteiger partial charge in [0.25, 0.3) is 5.91 Å². The first-order valence-corrected chi connectivity index (χ1v) is 10.2. The quantitative estimate of drug-likeness (QED) is 0.665. The lowest BCUT2D eigenvalue weighted by molar-refractivity contribution is 0.0622. The summed E-state index contributed by atoms with van der Waals surface area (Å²) in [4.78, 5) is 25.2. The molecule has 1 aliphatic rings. The molecule has 1 amide bonds. The van der Waals surface area contributed by atoms with Gasteiger partial charge in [-0.25, -0.2) is 14.4 Å². The molecule has 1 aromatic carbocycles. The highest BCUT2D eigenvalue weighted by molar-refractivity contribution is 7.09. The van der Waals surface area contributed by atoms with Gasteiger partial charge in [0.2, 0.25) is 5.13 Å². The van der Waals surface area contributed by atoms with Gasteiger partial charge in [0.1, 0.15) is 12.1 Å². The van der Waals surface area contributed by atoms with Crippen LogP contribution in [0.4, 0.5) is 15.3 Å². The van der Waals surface area contributed by atoms with Gasteiger partial charge in [0, 0.05) is 44.3 Å². The Morgan fingerprint density at radius 1 is 1.17 bits per heavy atom. The molecule has 10 heteroatoms. The minimum atomic E-state index is -0.662. The number of hydrogen-bond acceptors (Lipinski definition) is 7. The Hall–Kier alpha value is -2.62. The molecule has 0 radical (unpaired) electrons. The van der Waals surface area contributed by atoms with Crippen molar-refractivity contribution in [3.05, 3.63) is 64.8 Å². The van der Waals surface area contributed by atoms with E-state index in [9.17, 15) is 9.18 Å². The Kier molecular flexibility index (Phi) is 5.98. The Morgan fingerprint density at radius 2 is 1.97 bits per heavy atom. The van der Waals surface area contributed by atoms with Crippen molar-refractivity contribution in [3.8, 4) is 0 Å². The molecule has 1 aliphatic heterocycles. The lowest BCUT2D eigenvalue weighted by atomic mass is 10.1. The van der Waals surface area contributed by atoms with Gasteiger partial charge in [0.15, 0.2) is 5.82 Å². The van der Waals surface area contributed by atoms with E-state index in [1.165, 1.54) is 30.0 Å². The largest absolute Gasteiger partial charge is 0.336 e. The third kappa shape index (κ3) is 4.69. The number of carbonyl (C=O) groups is 1. The average molecular weight is 433 g/mol. The number of hydrogen-bond donors (Lipinski definition) is 1. The molecule has 3 heterocycles. The molecule has 7 nitrogen and oxygen atoms in total. The van der Waals surface area contributed by atoms with E-state index in [2.05, 4.69) is 24.6 Å². The van der Waals surface area contributed by atoms with Crippen LogP contribution in [-0.4, -0.2) is 56.2 Å². The predicted octanol–water partition coefficient (Wildman–Crippen LogP) is 3.43. The van der Waals surface area contributed by atoms with Crippen LogP contribution in [-0.2, 0) is 6.54 Å². The molecule has 0 aliphatic carbocycles. The van der Waals surface area contributed by atoms with E-state index >= 15 is 0 Å². The minimum Gasteiger partial charge on any atom is -0.336 e. The maximum absolute atomic E-state index is 14.1. The zero-order chi connectivity index (χ0) is 20.2. The highest BCUT2D eigenvalue weighted by Crippen LogP contribution is 2.20. The second kappa shape index (κ2) is 8.81. The molecule has 0 unspecified atom stereocenters. The van der Waals surface area contributed by atoms with Crippen molar-refractivity contribution in [2.75, 3.05) is 31.5 Å². The van der Waals surface area contributed by atoms with Crippen LogP contribution in [0.15, 0.2) is 42.7 Å². The number of pyridine rings is 1. The summed E-state index contributed by atoms with van der Waals surface area (Å²) in [7, 11) is 0. The number of halogens is 2. The number of rotatable bonds is 5. The van der Waals surface area contributed by atoms with Gasteiger partial charge < -0.3 is 10.2 Å². The molecule has 29 heavy (non-hydrogen) atoms. The number of benzene rings is 1. The van der Waals surface area contributed by atoms with Gasteiger partial charge in [-0.05, 0) is 24.3 Å². The van der Waals surface area contributed by atoms with Crippen LogP contribution in [0.3, 0.4) is 0 Å². The number of carbonyl (C=O) groups excluding carboxylic acids is 1.